The SMILES string of the molecule is Nc1ccc2nc(N3CCN(c4ccccc4F)CC3)cc(C(=O)O)c2c1. The minimum Gasteiger partial charge on any atom is -0.478 e. The molecule has 3 N–H and O–H groups in total. The maximum Gasteiger partial charge on any atom is 0.336 e. The van der Waals surface area contributed by atoms with Gasteiger partial charge in [0.05, 0.1) is 16.8 Å². The van der Waals surface area contributed by atoms with Gasteiger partial charge in [-0.25, -0.2) is 14.2 Å². The van der Waals surface area contributed by atoms with Gasteiger partial charge in [0, 0.05) is 37.3 Å². The molecule has 0 atom stereocenters. The van der Waals surface area contributed by atoms with Gasteiger partial charge in [-0.05, 0) is 36.4 Å². The number of anilines is 3. The molecule has 0 radical (unpaired) electrons. The first-order valence-corrected chi connectivity index (χ1v) is 8.71. The number of aromatic nitrogens is 1. The summed E-state index contributed by atoms with van der Waals surface area (Å²) >= 11 is 0. The number of hydrogen-bond donors (Lipinski definition) is 2. The van der Waals surface area contributed by atoms with Crippen LogP contribution in [0.1, 0.15) is 10.4 Å². The van der Waals surface area contributed by atoms with Crippen molar-refractivity contribution in [2.45, 2.75) is 0 Å². The molecule has 0 saturated carbocycles. The molecule has 0 spiro atoms. The van der Waals surface area contributed by atoms with Crippen LogP contribution in [0.4, 0.5) is 21.6 Å². The molecule has 138 valence electrons. The topological polar surface area (TPSA) is 82.7 Å². The number of benzene rings is 2. The number of para-hydroxylation sites is 1. The second-order valence-electron chi connectivity index (χ2n) is 6.54. The summed E-state index contributed by atoms with van der Waals surface area (Å²) < 4.78 is 14.0. The number of rotatable bonds is 3. The molecule has 1 aromatic heterocycles. The highest BCUT2D eigenvalue weighted by Gasteiger charge is 2.22. The Morgan fingerprint density at radius 2 is 1.74 bits per heavy atom. The van der Waals surface area contributed by atoms with Crippen molar-refractivity contribution in [3.8, 4) is 0 Å². The van der Waals surface area contributed by atoms with Crippen LogP contribution in [0.3, 0.4) is 0 Å². The largest absolute Gasteiger partial charge is 0.478 e. The number of fused-ring (bicyclic) bond motifs is 1. The van der Waals surface area contributed by atoms with Crippen LogP contribution in [0.25, 0.3) is 10.9 Å². The van der Waals surface area contributed by atoms with Gasteiger partial charge in [-0.3, -0.25) is 0 Å². The molecule has 1 fully saturated rings. The van der Waals surface area contributed by atoms with E-state index in [4.69, 9.17) is 5.73 Å². The van der Waals surface area contributed by atoms with Crippen molar-refractivity contribution in [2.24, 2.45) is 0 Å². The molecule has 1 saturated heterocycles. The molecule has 27 heavy (non-hydrogen) atoms. The molecule has 0 unspecified atom stereocenters. The average Bonchev–Trinajstić information content (AvgIpc) is 2.67. The van der Waals surface area contributed by atoms with E-state index in [0.29, 0.717) is 54.3 Å². The van der Waals surface area contributed by atoms with Gasteiger partial charge in [-0.2, -0.15) is 0 Å². The predicted molar refractivity (Wildman–Crippen MR) is 104 cm³/mol. The van der Waals surface area contributed by atoms with E-state index in [2.05, 4.69) is 4.98 Å². The van der Waals surface area contributed by atoms with Crippen molar-refractivity contribution in [1.29, 1.82) is 0 Å². The number of nitrogens with zero attached hydrogens (tertiary/aromatic N) is 3. The van der Waals surface area contributed by atoms with Crippen molar-refractivity contribution in [3.63, 3.8) is 0 Å². The summed E-state index contributed by atoms with van der Waals surface area (Å²) in [6.45, 7) is 2.51. The Morgan fingerprint density at radius 1 is 1.04 bits per heavy atom. The molecule has 0 bridgehead atoms. The van der Waals surface area contributed by atoms with Crippen LogP contribution in [0.2, 0.25) is 0 Å². The number of halogens is 1. The minimum atomic E-state index is -1.01. The van der Waals surface area contributed by atoms with Crippen LogP contribution in [-0.2, 0) is 0 Å². The van der Waals surface area contributed by atoms with E-state index in [0.717, 1.165) is 0 Å². The maximum atomic E-state index is 14.0. The van der Waals surface area contributed by atoms with Gasteiger partial charge in [0.15, 0.2) is 0 Å². The molecule has 0 amide bonds. The van der Waals surface area contributed by atoms with Gasteiger partial charge >= 0.3 is 5.97 Å². The Hall–Kier alpha value is -3.35. The molecule has 2 heterocycles. The number of carbonyl (C=O) groups is 1. The molecular formula is C20H19FN4O2. The average molecular weight is 366 g/mol. The zero-order valence-electron chi connectivity index (χ0n) is 14.6. The zero-order chi connectivity index (χ0) is 19.0. The fraction of sp³-hybridized carbons (Fsp3) is 0.200. The number of nitrogens with two attached hydrogens (primary N) is 1. The second-order valence-corrected chi connectivity index (χ2v) is 6.54. The highest BCUT2D eigenvalue weighted by molar-refractivity contribution is 6.04. The third kappa shape index (κ3) is 3.23. The van der Waals surface area contributed by atoms with Crippen LogP contribution < -0.4 is 15.5 Å². The van der Waals surface area contributed by atoms with Crippen LogP contribution in [-0.4, -0.2) is 42.2 Å². The van der Waals surface area contributed by atoms with Crippen LogP contribution >= 0.6 is 0 Å². The number of carboxylic acid groups (broad SMARTS) is 1. The van der Waals surface area contributed by atoms with E-state index >= 15 is 0 Å². The quantitative estimate of drug-likeness (QED) is 0.694. The molecule has 3 aromatic rings. The molecule has 4 rings (SSSR count). The molecule has 6 nitrogen and oxygen atoms in total. The van der Waals surface area contributed by atoms with Crippen LogP contribution in [0.5, 0.6) is 0 Å². The molecular weight excluding hydrogens is 347 g/mol. The van der Waals surface area contributed by atoms with E-state index < -0.39 is 5.97 Å². The molecule has 1 aliphatic heterocycles. The molecule has 2 aromatic carbocycles. The third-order valence-corrected chi connectivity index (χ3v) is 4.85. The van der Waals surface area contributed by atoms with Crippen LogP contribution in [0.15, 0.2) is 48.5 Å². The Morgan fingerprint density at radius 3 is 2.44 bits per heavy atom. The molecule has 0 aliphatic carbocycles. The first-order valence-electron chi connectivity index (χ1n) is 8.71. The van der Waals surface area contributed by atoms with Crippen molar-refractivity contribution in [1.82, 2.24) is 4.98 Å². The number of hydrogen-bond acceptors (Lipinski definition) is 5. The van der Waals surface area contributed by atoms with Gasteiger partial charge < -0.3 is 20.6 Å². The number of aromatic carboxylic acids is 1. The summed E-state index contributed by atoms with van der Waals surface area (Å²) in [6.07, 6.45) is 0. The highest BCUT2D eigenvalue weighted by Crippen LogP contribution is 2.27. The number of pyridine rings is 1. The Labute approximate surface area is 155 Å². The Kier molecular flexibility index (Phi) is 4.27. The lowest BCUT2D eigenvalue weighted by Crippen LogP contribution is -2.47. The summed E-state index contributed by atoms with van der Waals surface area (Å²) in [6, 6.07) is 13.4. The lowest BCUT2D eigenvalue weighted by Gasteiger charge is -2.37. The third-order valence-electron chi connectivity index (χ3n) is 4.85. The first kappa shape index (κ1) is 17.1. The summed E-state index contributed by atoms with van der Waals surface area (Å²) in [5, 5.41) is 10.1. The monoisotopic (exact) mass is 366 g/mol. The Balaban J connectivity index is 1.61. The van der Waals surface area contributed by atoms with E-state index in [-0.39, 0.29) is 11.4 Å². The lowest BCUT2D eigenvalue weighted by atomic mass is 10.1. The molecule has 1 aliphatic rings. The van der Waals surface area contributed by atoms with Gasteiger partial charge in [-0.15, -0.1) is 0 Å². The zero-order valence-corrected chi connectivity index (χ0v) is 14.6. The highest BCUT2D eigenvalue weighted by atomic mass is 19.1. The Bertz CT molecular complexity index is 1020. The predicted octanol–water partition coefficient (Wildman–Crippen LogP) is 2.98. The van der Waals surface area contributed by atoms with Crippen molar-refractivity contribution < 1.29 is 14.3 Å². The van der Waals surface area contributed by atoms with Gasteiger partial charge in [-0.1, -0.05) is 12.1 Å². The first-order chi connectivity index (χ1) is 13.0. The number of nitrogen functional groups attached to an aromatic ring is 1. The van der Waals surface area contributed by atoms with Crippen LogP contribution in [0, 0.1) is 5.82 Å². The lowest BCUT2D eigenvalue weighted by molar-refractivity contribution is 0.0699. The summed E-state index contributed by atoms with van der Waals surface area (Å²) in [5.41, 5.74) is 7.65. The molecule has 7 heteroatoms. The van der Waals surface area contributed by atoms with E-state index in [9.17, 15) is 14.3 Å². The summed E-state index contributed by atoms with van der Waals surface area (Å²) in [4.78, 5) is 20.3. The second kappa shape index (κ2) is 6.75. The van der Waals surface area contributed by atoms with Crippen molar-refractivity contribution in [2.75, 3.05) is 41.7 Å². The fourth-order valence-corrected chi connectivity index (χ4v) is 3.45. The minimum absolute atomic E-state index is 0.179. The van der Waals surface area contributed by atoms with Gasteiger partial charge in [0.1, 0.15) is 11.6 Å². The maximum absolute atomic E-state index is 14.0. The van der Waals surface area contributed by atoms with E-state index in [1.165, 1.54) is 6.07 Å². The van der Waals surface area contributed by atoms with Crippen molar-refractivity contribution >= 4 is 34.1 Å². The van der Waals surface area contributed by atoms with E-state index in [1.54, 1.807) is 36.4 Å². The van der Waals surface area contributed by atoms with Crippen molar-refractivity contribution in [3.05, 3.63) is 59.9 Å². The van der Waals surface area contributed by atoms with E-state index in [1.807, 2.05) is 15.9 Å². The standard InChI is InChI=1S/C20H19FN4O2/c21-16-3-1-2-4-18(16)24-7-9-25(10-8-24)19-12-15(20(26)27)14-11-13(22)5-6-17(14)23-19/h1-6,11-12H,7-10,22H2,(H,26,27). The summed E-state index contributed by atoms with van der Waals surface area (Å²) in [5.74, 6) is -0.641. The van der Waals surface area contributed by atoms with Gasteiger partial charge in [0.2, 0.25) is 0 Å². The smallest absolute Gasteiger partial charge is 0.336 e. The normalized spacial score (nSPS) is 14.6. The number of carboxylic acids is 1. The summed E-state index contributed by atoms with van der Waals surface area (Å²) in [7, 11) is 0. The van der Waals surface area contributed by atoms with Gasteiger partial charge in [0.25, 0.3) is 0 Å². The number of piperazine rings is 1. The fourth-order valence-electron chi connectivity index (χ4n) is 3.45.